The number of carbonyl (C=O) groups excluding carboxylic acids is 1. The van der Waals surface area contributed by atoms with E-state index in [9.17, 15) is 4.79 Å². The van der Waals surface area contributed by atoms with E-state index in [4.69, 9.17) is 4.74 Å². The fraction of sp³-hybridized carbons (Fsp3) is 0.333. The van der Waals surface area contributed by atoms with Crippen molar-refractivity contribution in [3.05, 3.63) is 47.3 Å². The molecule has 0 unspecified atom stereocenters. The molecule has 5 nitrogen and oxygen atoms in total. The molecule has 0 saturated heterocycles. The summed E-state index contributed by atoms with van der Waals surface area (Å²) < 4.78 is 7.00. The van der Waals surface area contributed by atoms with Gasteiger partial charge in [0.25, 0.3) is 5.91 Å². The first-order chi connectivity index (χ1) is 9.52. The molecule has 0 fully saturated rings. The number of nitrogens with zero attached hydrogens (tertiary/aromatic N) is 3. The molecule has 0 aliphatic rings. The fourth-order valence-corrected chi connectivity index (χ4v) is 2.02. The minimum Gasteiger partial charge on any atom is -0.496 e. The lowest BCUT2D eigenvalue weighted by molar-refractivity contribution is 0.0777. The number of methoxy groups -OCH3 is 1. The molecule has 0 aliphatic carbocycles. The summed E-state index contributed by atoms with van der Waals surface area (Å²) in [5, 5.41) is 4.21. The number of ether oxygens (including phenoxy) is 1. The van der Waals surface area contributed by atoms with E-state index in [-0.39, 0.29) is 5.91 Å². The molecule has 0 aliphatic heterocycles. The Bertz CT molecular complexity index is 600. The van der Waals surface area contributed by atoms with E-state index in [1.165, 1.54) is 0 Å². The number of aryl methyl sites for hydroxylation is 2. The van der Waals surface area contributed by atoms with Crippen LogP contribution in [0.15, 0.2) is 30.3 Å². The first kappa shape index (κ1) is 14.1. The zero-order chi connectivity index (χ0) is 14.7. The summed E-state index contributed by atoms with van der Waals surface area (Å²) in [5.74, 6) is 0.684. The van der Waals surface area contributed by atoms with Crippen molar-refractivity contribution in [2.45, 2.75) is 13.5 Å². The number of amides is 1. The second-order valence-electron chi connectivity index (χ2n) is 4.77. The Balaban J connectivity index is 2.15. The monoisotopic (exact) mass is 273 g/mol. The molecule has 1 aromatic heterocycles. The largest absolute Gasteiger partial charge is 0.496 e. The van der Waals surface area contributed by atoms with E-state index < -0.39 is 0 Å². The van der Waals surface area contributed by atoms with E-state index in [0.29, 0.717) is 12.2 Å². The van der Waals surface area contributed by atoms with Crippen LogP contribution in [0.25, 0.3) is 0 Å². The maximum Gasteiger partial charge on any atom is 0.274 e. The third-order valence-corrected chi connectivity index (χ3v) is 3.28. The van der Waals surface area contributed by atoms with Crippen molar-refractivity contribution in [2.75, 3.05) is 14.2 Å². The summed E-state index contributed by atoms with van der Waals surface area (Å²) in [7, 11) is 5.22. The smallest absolute Gasteiger partial charge is 0.274 e. The molecule has 0 bridgehead atoms. The van der Waals surface area contributed by atoms with Gasteiger partial charge in [0.05, 0.1) is 7.11 Å². The van der Waals surface area contributed by atoms with Gasteiger partial charge in [0.2, 0.25) is 0 Å². The van der Waals surface area contributed by atoms with Gasteiger partial charge in [-0.1, -0.05) is 18.2 Å². The van der Waals surface area contributed by atoms with Gasteiger partial charge in [0, 0.05) is 31.9 Å². The average molecular weight is 273 g/mol. The van der Waals surface area contributed by atoms with Crippen LogP contribution in [0.1, 0.15) is 21.7 Å². The third kappa shape index (κ3) is 2.82. The maximum atomic E-state index is 12.3. The molecule has 0 spiro atoms. The van der Waals surface area contributed by atoms with Gasteiger partial charge in [-0.2, -0.15) is 5.10 Å². The zero-order valence-corrected chi connectivity index (χ0v) is 12.3. The molecular formula is C15H19N3O2. The molecule has 0 N–H and O–H groups in total. The van der Waals surface area contributed by atoms with E-state index in [1.54, 1.807) is 29.8 Å². The van der Waals surface area contributed by atoms with Gasteiger partial charge >= 0.3 is 0 Å². The topological polar surface area (TPSA) is 47.4 Å². The van der Waals surface area contributed by atoms with Crippen LogP contribution in [-0.4, -0.2) is 34.7 Å². The van der Waals surface area contributed by atoms with E-state index in [0.717, 1.165) is 17.0 Å². The first-order valence-corrected chi connectivity index (χ1v) is 6.41. The van der Waals surface area contributed by atoms with Crippen molar-refractivity contribution >= 4 is 5.91 Å². The molecule has 5 heteroatoms. The molecule has 2 rings (SSSR count). The maximum absolute atomic E-state index is 12.3. The average Bonchev–Trinajstić information content (AvgIpc) is 2.78. The van der Waals surface area contributed by atoms with Gasteiger partial charge in [-0.25, -0.2) is 0 Å². The molecule has 0 radical (unpaired) electrons. The van der Waals surface area contributed by atoms with Gasteiger partial charge in [-0.05, 0) is 19.1 Å². The van der Waals surface area contributed by atoms with E-state index >= 15 is 0 Å². The van der Waals surface area contributed by atoms with Crippen molar-refractivity contribution in [3.63, 3.8) is 0 Å². The van der Waals surface area contributed by atoms with Crippen molar-refractivity contribution in [3.8, 4) is 5.75 Å². The number of para-hydroxylation sites is 1. The van der Waals surface area contributed by atoms with Crippen LogP contribution >= 0.6 is 0 Å². The normalized spacial score (nSPS) is 10.4. The number of carbonyl (C=O) groups is 1. The van der Waals surface area contributed by atoms with Crippen molar-refractivity contribution in [1.82, 2.24) is 14.7 Å². The lowest BCUT2D eigenvalue weighted by atomic mass is 10.2. The summed E-state index contributed by atoms with van der Waals surface area (Å²) in [5.41, 5.74) is 2.39. The molecule has 0 saturated carbocycles. The van der Waals surface area contributed by atoms with Gasteiger partial charge in [0.15, 0.2) is 5.69 Å². The molecule has 1 heterocycles. The van der Waals surface area contributed by atoms with Crippen LogP contribution in [0.2, 0.25) is 0 Å². The highest BCUT2D eigenvalue weighted by Crippen LogP contribution is 2.19. The standard InChI is InChI=1S/C15H19N3O2/c1-11-9-13(16-18(11)3)15(19)17(2)10-12-7-5-6-8-14(12)20-4/h5-9H,10H2,1-4H3. The second kappa shape index (κ2) is 5.77. The lowest BCUT2D eigenvalue weighted by Gasteiger charge is -2.17. The Morgan fingerprint density at radius 2 is 2.10 bits per heavy atom. The minimum atomic E-state index is -0.0976. The number of rotatable bonds is 4. The van der Waals surface area contributed by atoms with Crippen LogP contribution in [0.5, 0.6) is 5.75 Å². The Morgan fingerprint density at radius 1 is 1.40 bits per heavy atom. The van der Waals surface area contributed by atoms with Crippen molar-refractivity contribution in [1.29, 1.82) is 0 Å². The summed E-state index contributed by atoms with van der Waals surface area (Å²) in [6.45, 7) is 2.41. The third-order valence-electron chi connectivity index (χ3n) is 3.28. The fourth-order valence-electron chi connectivity index (χ4n) is 2.02. The highest BCUT2D eigenvalue weighted by molar-refractivity contribution is 5.92. The predicted octanol–water partition coefficient (Wildman–Crippen LogP) is 2.01. The number of hydrogen-bond acceptors (Lipinski definition) is 3. The molecule has 20 heavy (non-hydrogen) atoms. The van der Waals surface area contributed by atoms with Crippen LogP contribution in [0, 0.1) is 6.92 Å². The summed E-state index contributed by atoms with van der Waals surface area (Å²) >= 11 is 0. The van der Waals surface area contributed by atoms with Crippen LogP contribution in [0.3, 0.4) is 0 Å². The Morgan fingerprint density at radius 3 is 2.70 bits per heavy atom. The number of aromatic nitrogens is 2. The summed E-state index contributed by atoms with van der Waals surface area (Å²) in [4.78, 5) is 14.0. The highest BCUT2D eigenvalue weighted by Gasteiger charge is 2.17. The molecule has 106 valence electrons. The molecule has 2 aromatic rings. The first-order valence-electron chi connectivity index (χ1n) is 6.41. The highest BCUT2D eigenvalue weighted by atomic mass is 16.5. The van der Waals surface area contributed by atoms with Gasteiger partial charge in [-0.15, -0.1) is 0 Å². The van der Waals surface area contributed by atoms with E-state index in [1.807, 2.05) is 38.2 Å². The molecular weight excluding hydrogens is 254 g/mol. The Kier molecular flexibility index (Phi) is 4.08. The number of hydrogen-bond donors (Lipinski definition) is 0. The lowest BCUT2D eigenvalue weighted by Crippen LogP contribution is -2.26. The van der Waals surface area contributed by atoms with Crippen molar-refractivity contribution < 1.29 is 9.53 Å². The van der Waals surface area contributed by atoms with Crippen LogP contribution in [0.4, 0.5) is 0 Å². The number of benzene rings is 1. The summed E-state index contributed by atoms with van der Waals surface area (Å²) in [6.07, 6.45) is 0. The quantitative estimate of drug-likeness (QED) is 0.856. The molecule has 1 amide bonds. The SMILES string of the molecule is COc1ccccc1CN(C)C(=O)c1cc(C)n(C)n1. The summed E-state index contributed by atoms with van der Waals surface area (Å²) in [6, 6.07) is 9.47. The second-order valence-corrected chi connectivity index (χ2v) is 4.77. The molecule has 0 atom stereocenters. The predicted molar refractivity (Wildman–Crippen MR) is 76.7 cm³/mol. The van der Waals surface area contributed by atoms with Gasteiger partial charge in [0.1, 0.15) is 5.75 Å². The van der Waals surface area contributed by atoms with Gasteiger partial charge in [-0.3, -0.25) is 9.48 Å². The van der Waals surface area contributed by atoms with Gasteiger partial charge < -0.3 is 9.64 Å². The zero-order valence-electron chi connectivity index (χ0n) is 12.3. The molecule has 1 aromatic carbocycles. The Hall–Kier alpha value is -2.30. The van der Waals surface area contributed by atoms with E-state index in [2.05, 4.69) is 5.10 Å². The van der Waals surface area contributed by atoms with Crippen LogP contribution in [-0.2, 0) is 13.6 Å². The van der Waals surface area contributed by atoms with Crippen molar-refractivity contribution in [2.24, 2.45) is 7.05 Å². The van der Waals surface area contributed by atoms with Crippen LogP contribution < -0.4 is 4.74 Å². The minimum absolute atomic E-state index is 0.0976. The Labute approximate surface area is 118 Å².